The number of halogens is 7. The fourth-order valence-electron chi connectivity index (χ4n) is 4.29. The molecule has 1 saturated heterocycles. The third-order valence-corrected chi connectivity index (χ3v) is 8.45. The second-order valence-corrected chi connectivity index (χ2v) is 10.9. The minimum absolute atomic E-state index is 0.130. The fourth-order valence-corrected chi connectivity index (χ4v) is 6.10. The number of nitrogens with zero attached hydrogens (tertiary/aromatic N) is 1. The maximum atomic E-state index is 13.3. The first kappa shape index (κ1) is 27.9. The average Bonchev–Trinajstić information content (AvgIpc) is 3.28. The van der Waals surface area contributed by atoms with E-state index in [2.05, 4.69) is 5.32 Å². The van der Waals surface area contributed by atoms with E-state index in [1.807, 2.05) is 0 Å². The van der Waals surface area contributed by atoms with Gasteiger partial charge in [0.1, 0.15) is 0 Å². The minimum Gasteiger partial charge on any atom is -0.347 e. The van der Waals surface area contributed by atoms with Crippen LogP contribution < -0.4 is 5.32 Å². The molecule has 0 unspecified atom stereocenters. The lowest BCUT2D eigenvalue weighted by Gasteiger charge is -2.21. The van der Waals surface area contributed by atoms with Crippen molar-refractivity contribution >= 4 is 27.5 Å². The first-order valence-electron chi connectivity index (χ1n) is 11.1. The zero-order valence-electron chi connectivity index (χ0n) is 19.2. The van der Waals surface area contributed by atoms with Gasteiger partial charge in [0.05, 0.1) is 32.7 Å². The zero-order chi connectivity index (χ0) is 27.9. The molecular formula is C25H19ClF6N2O3S. The number of sulfonamides is 1. The second-order valence-electron chi connectivity index (χ2n) is 8.61. The first-order chi connectivity index (χ1) is 17.7. The molecule has 4 rings (SSSR count). The van der Waals surface area contributed by atoms with E-state index in [1.54, 1.807) is 30.3 Å². The Hall–Kier alpha value is -3.09. The maximum Gasteiger partial charge on any atom is 0.417 e. The van der Waals surface area contributed by atoms with E-state index in [-0.39, 0.29) is 18.0 Å². The average molecular weight is 577 g/mol. The third-order valence-electron chi connectivity index (χ3n) is 6.20. The van der Waals surface area contributed by atoms with E-state index in [0.29, 0.717) is 17.7 Å². The molecule has 1 aliphatic heterocycles. The van der Waals surface area contributed by atoms with Gasteiger partial charge in [0.25, 0.3) is 5.91 Å². The van der Waals surface area contributed by atoms with Crippen LogP contribution in [0.5, 0.6) is 0 Å². The summed E-state index contributed by atoms with van der Waals surface area (Å²) in [4.78, 5) is 12.6. The van der Waals surface area contributed by atoms with Crippen molar-refractivity contribution in [2.24, 2.45) is 0 Å². The summed E-state index contributed by atoms with van der Waals surface area (Å²) in [6.45, 7) is -0.403. The van der Waals surface area contributed by atoms with E-state index in [0.717, 1.165) is 34.6 Å². The third kappa shape index (κ3) is 5.67. The normalized spacial score (nSPS) is 18.9. The van der Waals surface area contributed by atoms with Gasteiger partial charge in [-0.1, -0.05) is 48.0 Å². The number of alkyl halides is 6. The number of carbonyl (C=O) groups excluding carboxylic acids is 1. The molecule has 0 spiro atoms. The van der Waals surface area contributed by atoms with Crippen LogP contribution in [0.15, 0.2) is 77.7 Å². The molecule has 38 heavy (non-hydrogen) atoms. The van der Waals surface area contributed by atoms with E-state index < -0.39 is 62.0 Å². The van der Waals surface area contributed by atoms with Crippen molar-refractivity contribution in [1.82, 2.24) is 9.62 Å². The molecule has 0 aromatic heterocycles. The fraction of sp³-hybridized carbons (Fsp3) is 0.240. The molecule has 3 aromatic rings. The lowest BCUT2D eigenvalue weighted by Crippen LogP contribution is -2.40. The summed E-state index contributed by atoms with van der Waals surface area (Å²) in [7, 11) is -4.27. The molecule has 1 fully saturated rings. The monoisotopic (exact) mass is 576 g/mol. The summed E-state index contributed by atoms with van der Waals surface area (Å²) < 4.78 is 106. The molecule has 1 heterocycles. The standard InChI is InChI=1S/C25H19ClF6N2O3S/c26-22-18(7-4-8-20(22)25(30,31)32)23(35)33-21-14-34(13-19(21)15-5-2-1-3-6-15)38(36,37)17-11-9-16(10-12-17)24(27,28)29/h1-12,19,21H,13-14H2,(H,33,35)/t19-,21+/m0/s1. The highest BCUT2D eigenvalue weighted by Gasteiger charge is 2.42. The highest BCUT2D eigenvalue weighted by Crippen LogP contribution is 2.37. The molecule has 202 valence electrons. The van der Waals surface area contributed by atoms with Gasteiger partial charge in [0.15, 0.2) is 0 Å². The van der Waals surface area contributed by atoms with Crippen LogP contribution in [-0.4, -0.2) is 37.8 Å². The summed E-state index contributed by atoms with van der Waals surface area (Å²) in [5, 5.41) is 1.81. The van der Waals surface area contributed by atoms with Crippen LogP contribution in [0.25, 0.3) is 0 Å². The lowest BCUT2D eigenvalue weighted by atomic mass is 9.94. The molecule has 0 bridgehead atoms. The molecule has 3 aromatic carbocycles. The van der Waals surface area contributed by atoms with Crippen molar-refractivity contribution in [1.29, 1.82) is 0 Å². The number of hydrogen-bond acceptors (Lipinski definition) is 3. The van der Waals surface area contributed by atoms with Gasteiger partial charge >= 0.3 is 12.4 Å². The Morgan fingerprint density at radius 2 is 1.47 bits per heavy atom. The summed E-state index contributed by atoms with van der Waals surface area (Å²) in [6.07, 6.45) is -9.44. The van der Waals surface area contributed by atoms with Gasteiger partial charge in [-0.2, -0.15) is 30.6 Å². The number of nitrogens with one attached hydrogen (secondary N) is 1. The minimum atomic E-state index is -4.79. The van der Waals surface area contributed by atoms with Crippen LogP contribution in [0, 0.1) is 0 Å². The summed E-state index contributed by atoms with van der Waals surface area (Å²) in [5.41, 5.74) is -1.98. The molecule has 1 N–H and O–H groups in total. The van der Waals surface area contributed by atoms with Gasteiger partial charge in [0, 0.05) is 19.0 Å². The molecule has 0 aliphatic carbocycles. The van der Waals surface area contributed by atoms with E-state index in [4.69, 9.17) is 11.6 Å². The van der Waals surface area contributed by atoms with Crippen molar-refractivity contribution in [2.45, 2.75) is 29.2 Å². The Morgan fingerprint density at radius 1 is 0.842 bits per heavy atom. The Labute approximate surface area is 219 Å². The van der Waals surface area contributed by atoms with Crippen LogP contribution in [0.3, 0.4) is 0 Å². The molecule has 0 saturated carbocycles. The Bertz CT molecular complexity index is 1430. The smallest absolute Gasteiger partial charge is 0.347 e. The van der Waals surface area contributed by atoms with Crippen LogP contribution in [0.1, 0.15) is 33.0 Å². The van der Waals surface area contributed by atoms with E-state index >= 15 is 0 Å². The number of benzene rings is 3. The Morgan fingerprint density at radius 3 is 2.05 bits per heavy atom. The van der Waals surface area contributed by atoms with Crippen LogP contribution in [0.4, 0.5) is 26.3 Å². The molecule has 2 atom stereocenters. The molecule has 1 amide bonds. The maximum absolute atomic E-state index is 13.3. The topological polar surface area (TPSA) is 66.5 Å². The zero-order valence-corrected chi connectivity index (χ0v) is 20.8. The number of amides is 1. The van der Waals surface area contributed by atoms with E-state index in [9.17, 15) is 39.6 Å². The number of carbonyl (C=O) groups is 1. The number of hydrogen-bond donors (Lipinski definition) is 1. The molecule has 5 nitrogen and oxygen atoms in total. The van der Waals surface area contributed by atoms with Crippen LogP contribution in [-0.2, 0) is 22.4 Å². The Kier molecular flexibility index (Phi) is 7.52. The SMILES string of the molecule is O=C(N[C@@H]1CN(S(=O)(=O)c2ccc(C(F)(F)F)cc2)C[C@H]1c1ccccc1)c1cccc(C(F)(F)F)c1Cl. The highest BCUT2D eigenvalue weighted by molar-refractivity contribution is 7.89. The van der Waals surface area contributed by atoms with E-state index in [1.165, 1.54) is 0 Å². The van der Waals surface area contributed by atoms with Gasteiger partial charge in [-0.3, -0.25) is 4.79 Å². The molecule has 0 radical (unpaired) electrons. The first-order valence-corrected chi connectivity index (χ1v) is 12.9. The van der Waals surface area contributed by atoms with Crippen LogP contribution in [0.2, 0.25) is 5.02 Å². The van der Waals surface area contributed by atoms with Gasteiger partial charge in [0.2, 0.25) is 10.0 Å². The molecule has 13 heteroatoms. The summed E-state index contributed by atoms with van der Waals surface area (Å²) in [5.74, 6) is -1.53. The van der Waals surface area contributed by atoms with Gasteiger partial charge in [-0.15, -0.1) is 0 Å². The second kappa shape index (κ2) is 10.2. The molecular weight excluding hydrogens is 558 g/mol. The van der Waals surface area contributed by atoms with Crippen molar-refractivity contribution in [3.63, 3.8) is 0 Å². The van der Waals surface area contributed by atoms with Crippen LogP contribution >= 0.6 is 11.6 Å². The predicted molar refractivity (Wildman–Crippen MR) is 127 cm³/mol. The Balaban J connectivity index is 1.64. The molecule has 1 aliphatic rings. The predicted octanol–water partition coefficient (Wildman–Crippen LogP) is 5.96. The van der Waals surface area contributed by atoms with Crippen molar-refractivity contribution < 1.29 is 39.6 Å². The highest BCUT2D eigenvalue weighted by atomic mass is 35.5. The van der Waals surface area contributed by atoms with Crippen molar-refractivity contribution in [2.75, 3.05) is 13.1 Å². The van der Waals surface area contributed by atoms with Gasteiger partial charge in [-0.25, -0.2) is 8.42 Å². The number of rotatable bonds is 5. The van der Waals surface area contributed by atoms with Gasteiger partial charge < -0.3 is 5.32 Å². The van der Waals surface area contributed by atoms with Crippen molar-refractivity contribution in [3.05, 3.63) is 100 Å². The summed E-state index contributed by atoms with van der Waals surface area (Å²) in [6, 6.07) is 13.6. The largest absolute Gasteiger partial charge is 0.417 e. The quantitative estimate of drug-likeness (QED) is 0.381. The van der Waals surface area contributed by atoms with Gasteiger partial charge in [-0.05, 0) is 42.0 Å². The van der Waals surface area contributed by atoms with Crippen molar-refractivity contribution in [3.8, 4) is 0 Å². The summed E-state index contributed by atoms with van der Waals surface area (Å²) >= 11 is 5.89. The lowest BCUT2D eigenvalue weighted by molar-refractivity contribution is -0.138.